The highest BCUT2D eigenvalue weighted by molar-refractivity contribution is 5.57. The second-order valence-corrected chi connectivity index (χ2v) is 3.29. The third-order valence-electron chi connectivity index (χ3n) is 1.96. The van der Waals surface area contributed by atoms with Crippen LogP contribution in [-0.4, -0.2) is 39.5 Å². The standard InChI is InChI=1S/C8H12N6/c1-5-6(4-9-11-5)7-10-8(13-12-7)14(2)3/h4H,1-3H3,(H,9,11)(H,10,12,13). The fraction of sp³-hybridized carbons (Fsp3) is 0.375. The molecule has 0 unspecified atom stereocenters. The van der Waals surface area contributed by atoms with Gasteiger partial charge in [0.15, 0.2) is 5.82 Å². The van der Waals surface area contributed by atoms with Gasteiger partial charge in [-0.1, -0.05) is 0 Å². The summed E-state index contributed by atoms with van der Waals surface area (Å²) in [5.74, 6) is 1.40. The number of anilines is 1. The molecule has 0 bridgehead atoms. The van der Waals surface area contributed by atoms with Crippen molar-refractivity contribution in [2.75, 3.05) is 19.0 Å². The van der Waals surface area contributed by atoms with Crippen molar-refractivity contribution in [2.24, 2.45) is 0 Å². The first-order valence-corrected chi connectivity index (χ1v) is 4.28. The Hall–Kier alpha value is -1.85. The lowest BCUT2D eigenvalue weighted by atomic mass is 10.2. The quantitative estimate of drug-likeness (QED) is 0.729. The Bertz CT molecular complexity index is 426. The molecule has 0 saturated carbocycles. The summed E-state index contributed by atoms with van der Waals surface area (Å²) in [4.78, 5) is 6.15. The first-order chi connectivity index (χ1) is 6.68. The van der Waals surface area contributed by atoms with E-state index in [2.05, 4.69) is 25.4 Å². The molecule has 0 amide bonds. The van der Waals surface area contributed by atoms with Crippen molar-refractivity contribution >= 4 is 5.95 Å². The molecule has 74 valence electrons. The van der Waals surface area contributed by atoms with Gasteiger partial charge in [-0.3, -0.25) is 10.2 Å². The van der Waals surface area contributed by atoms with E-state index in [1.54, 1.807) is 6.20 Å². The molecule has 0 aliphatic carbocycles. The number of nitrogens with one attached hydrogen (secondary N) is 2. The van der Waals surface area contributed by atoms with Gasteiger partial charge in [0.05, 0.1) is 11.8 Å². The Morgan fingerprint density at radius 2 is 2.07 bits per heavy atom. The minimum Gasteiger partial charge on any atom is -0.346 e. The van der Waals surface area contributed by atoms with Crippen molar-refractivity contribution in [3.63, 3.8) is 0 Å². The number of hydrogen-bond acceptors (Lipinski definition) is 4. The van der Waals surface area contributed by atoms with Crippen LogP contribution in [0.2, 0.25) is 0 Å². The average Bonchev–Trinajstić information content (AvgIpc) is 2.71. The summed E-state index contributed by atoms with van der Waals surface area (Å²) in [5, 5.41) is 13.7. The third-order valence-corrected chi connectivity index (χ3v) is 1.96. The molecule has 2 aromatic heterocycles. The number of H-pyrrole nitrogens is 2. The minimum absolute atomic E-state index is 0.667. The zero-order valence-electron chi connectivity index (χ0n) is 8.37. The maximum absolute atomic E-state index is 4.31. The molecule has 14 heavy (non-hydrogen) atoms. The molecular formula is C8H12N6. The molecule has 2 rings (SSSR count). The van der Waals surface area contributed by atoms with Crippen LogP contribution in [0.4, 0.5) is 5.95 Å². The van der Waals surface area contributed by atoms with E-state index in [1.807, 2.05) is 25.9 Å². The summed E-state index contributed by atoms with van der Waals surface area (Å²) < 4.78 is 0. The largest absolute Gasteiger partial charge is 0.346 e. The summed E-state index contributed by atoms with van der Waals surface area (Å²) in [6.45, 7) is 1.94. The highest BCUT2D eigenvalue weighted by Gasteiger charge is 2.09. The third kappa shape index (κ3) is 1.34. The molecule has 6 nitrogen and oxygen atoms in total. The van der Waals surface area contributed by atoms with E-state index in [1.165, 1.54) is 0 Å². The van der Waals surface area contributed by atoms with E-state index in [4.69, 9.17) is 0 Å². The van der Waals surface area contributed by atoms with Crippen molar-refractivity contribution in [1.29, 1.82) is 0 Å². The smallest absolute Gasteiger partial charge is 0.244 e. The molecule has 0 aliphatic rings. The molecule has 0 aromatic carbocycles. The molecule has 0 fully saturated rings. The normalized spacial score (nSPS) is 10.5. The van der Waals surface area contributed by atoms with Crippen molar-refractivity contribution in [3.8, 4) is 11.4 Å². The number of aromatic nitrogens is 5. The van der Waals surface area contributed by atoms with E-state index in [0.29, 0.717) is 5.95 Å². The van der Waals surface area contributed by atoms with E-state index in [9.17, 15) is 0 Å². The van der Waals surface area contributed by atoms with Crippen molar-refractivity contribution < 1.29 is 0 Å². The number of aromatic amines is 2. The lowest BCUT2D eigenvalue weighted by molar-refractivity contribution is 0.999. The summed E-state index contributed by atoms with van der Waals surface area (Å²) in [5.41, 5.74) is 1.93. The van der Waals surface area contributed by atoms with Gasteiger partial charge < -0.3 is 4.90 Å². The van der Waals surface area contributed by atoms with Gasteiger partial charge in [0.2, 0.25) is 5.95 Å². The van der Waals surface area contributed by atoms with Crippen LogP contribution in [0.25, 0.3) is 11.4 Å². The van der Waals surface area contributed by atoms with Crippen LogP contribution in [0.3, 0.4) is 0 Å². The van der Waals surface area contributed by atoms with E-state index in [0.717, 1.165) is 17.1 Å². The highest BCUT2D eigenvalue weighted by Crippen LogP contribution is 2.18. The van der Waals surface area contributed by atoms with Crippen LogP contribution in [-0.2, 0) is 0 Å². The first-order valence-electron chi connectivity index (χ1n) is 4.28. The SMILES string of the molecule is Cc1[nH]ncc1-c1nc(N(C)C)n[nH]1. The van der Waals surface area contributed by atoms with Crippen molar-refractivity contribution in [2.45, 2.75) is 6.92 Å². The van der Waals surface area contributed by atoms with E-state index in [-0.39, 0.29) is 0 Å². The Kier molecular flexibility index (Phi) is 1.95. The molecule has 2 heterocycles. The van der Waals surface area contributed by atoms with Gasteiger partial charge in [0, 0.05) is 19.8 Å². The van der Waals surface area contributed by atoms with Crippen LogP contribution in [0.15, 0.2) is 6.20 Å². The number of aryl methyl sites for hydroxylation is 1. The van der Waals surface area contributed by atoms with Crippen LogP contribution < -0.4 is 4.90 Å². The maximum atomic E-state index is 4.31. The van der Waals surface area contributed by atoms with Gasteiger partial charge in [-0.2, -0.15) is 10.1 Å². The molecule has 0 aliphatic heterocycles. The Morgan fingerprint density at radius 1 is 1.29 bits per heavy atom. The predicted octanol–water partition coefficient (Wildman–Crippen LogP) is 0.569. The van der Waals surface area contributed by atoms with Gasteiger partial charge in [-0.15, -0.1) is 5.10 Å². The number of rotatable bonds is 2. The molecule has 0 spiro atoms. The van der Waals surface area contributed by atoms with Gasteiger partial charge in [-0.25, -0.2) is 0 Å². The lowest BCUT2D eigenvalue weighted by Gasteiger charge is -2.03. The molecular weight excluding hydrogens is 180 g/mol. The maximum Gasteiger partial charge on any atom is 0.244 e. The molecule has 2 aromatic rings. The zero-order valence-corrected chi connectivity index (χ0v) is 8.37. The Morgan fingerprint density at radius 3 is 2.57 bits per heavy atom. The van der Waals surface area contributed by atoms with Crippen molar-refractivity contribution in [3.05, 3.63) is 11.9 Å². The number of nitrogens with zero attached hydrogens (tertiary/aromatic N) is 4. The average molecular weight is 192 g/mol. The fourth-order valence-electron chi connectivity index (χ4n) is 1.16. The van der Waals surface area contributed by atoms with Crippen LogP contribution in [0.5, 0.6) is 0 Å². The zero-order chi connectivity index (χ0) is 10.1. The lowest BCUT2D eigenvalue weighted by Crippen LogP contribution is -2.10. The monoisotopic (exact) mass is 192 g/mol. The number of hydrogen-bond donors (Lipinski definition) is 2. The van der Waals surface area contributed by atoms with E-state index < -0.39 is 0 Å². The topological polar surface area (TPSA) is 73.5 Å². The fourth-order valence-corrected chi connectivity index (χ4v) is 1.16. The Balaban J connectivity index is 2.39. The first kappa shape index (κ1) is 8.74. The second kappa shape index (κ2) is 3.13. The highest BCUT2D eigenvalue weighted by atomic mass is 15.3. The molecule has 0 radical (unpaired) electrons. The van der Waals surface area contributed by atoms with Gasteiger partial charge in [-0.05, 0) is 6.92 Å². The molecule has 0 atom stereocenters. The van der Waals surface area contributed by atoms with Gasteiger partial charge >= 0.3 is 0 Å². The summed E-state index contributed by atoms with van der Waals surface area (Å²) in [6, 6.07) is 0. The van der Waals surface area contributed by atoms with Gasteiger partial charge in [0.1, 0.15) is 0 Å². The van der Waals surface area contributed by atoms with Crippen molar-refractivity contribution in [1.82, 2.24) is 25.4 Å². The van der Waals surface area contributed by atoms with E-state index >= 15 is 0 Å². The van der Waals surface area contributed by atoms with Crippen LogP contribution in [0.1, 0.15) is 5.69 Å². The second-order valence-electron chi connectivity index (χ2n) is 3.29. The predicted molar refractivity (Wildman–Crippen MR) is 53.0 cm³/mol. The molecule has 0 saturated heterocycles. The van der Waals surface area contributed by atoms with Crippen LogP contribution >= 0.6 is 0 Å². The summed E-state index contributed by atoms with van der Waals surface area (Å²) >= 11 is 0. The molecule has 6 heteroatoms. The Labute approximate surface area is 81.4 Å². The van der Waals surface area contributed by atoms with Gasteiger partial charge in [0.25, 0.3) is 0 Å². The minimum atomic E-state index is 0.667. The molecule has 2 N–H and O–H groups in total. The summed E-state index contributed by atoms with van der Waals surface area (Å²) in [6.07, 6.45) is 1.73. The summed E-state index contributed by atoms with van der Waals surface area (Å²) in [7, 11) is 3.80. The van der Waals surface area contributed by atoms with Crippen LogP contribution in [0, 0.1) is 6.92 Å².